The Morgan fingerprint density at radius 3 is 2.77 bits per heavy atom. The summed E-state index contributed by atoms with van der Waals surface area (Å²) in [4.78, 5) is 34.4. The van der Waals surface area contributed by atoms with Gasteiger partial charge in [0.25, 0.3) is 11.6 Å². The topological polar surface area (TPSA) is 98.5 Å². The van der Waals surface area contributed by atoms with Gasteiger partial charge in [-0.05, 0) is 25.3 Å². The predicted octanol–water partition coefficient (Wildman–Crippen LogP) is 2.16. The number of nitro benzene ring substituents is 1. The van der Waals surface area contributed by atoms with Crippen LogP contribution in [0.3, 0.4) is 0 Å². The Kier molecular flexibility index (Phi) is 6.58. The monoisotopic (exact) mass is 324 g/mol. The van der Waals surface area contributed by atoms with Gasteiger partial charge in [0.05, 0.1) is 15.4 Å². The number of nitrogens with one attached hydrogen (secondary N) is 1. The number of nitrogens with zero attached hydrogens (tertiary/aromatic N) is 1. The number of hydrogen-bond donors (Lipinski definition) is 1. The normalized spacial score (nSPS) is 11.4. The van der Waals surface area contributed by atoms with Crippen molar-refractivity contribution in [2.24, 2.45) is 0 Å². The molecule has 7 nitrogen and oxygen atoms in total. The Morgan fingerprint density at radius 1 is 1.55 bits per heavy atom. The SMILES string of the molecule is C=CCNC(=O)[C@H](C)OC(=O)c1ccc(SC)c([N+](=O)[O-])c1. The molecule has 0 bridgehead atoms. The third-order valence-electron chi connectivity index (χ3n) is 2.68. The van der Waals surface area contributed by atoms with E-state index < -0.39 is 22.9 Å². The average Bonchev–Trinajstić information content (AvgIpc) is 2.51. The van der Waals surface area contributed by atoms with Crippen LogP contribution in [-0.2, 0) is 9.53 Å². The van der Waals surface area contributed by atoms with Crippen molar-refractivity contribution in [3.63, 3.8) is 0 Å². The van der Waals surface area contributed by atoms with Crippen LogP contribution in [0.15, 0.2) is 35.7 Å². The lowest BCUT2D eigenvalue weighted by Gasteiger charge is -2.12. The Labute approximate surface area is 131 Å². The van der Waals surface area contributed by atoms with Crippen molar-refractivity contribution in [3.05, 3.63) is 46.5 Å². The van der Waals surface area contributed by atoms with Gasteiger partial charge in [-0.1, -0.05) is 6.08 Å². The second-order valence-corrected chi connectivity index (χ2v) is 5.07. The Balaban J connectivity index is 2.85. The molecule has 0 fully saturated rings. The van der Waals surface area contributed by atoms with Crippen molar-refractivity contribution < 1.29 is 19.2 Å². The molecule has 0 heterocycles. The Hall–Kier alpha value is -2.35. The summed E-state index contributed by atoms with van der Waals surface area (Å²) < 4.78 is 4.99. The molecule has 0 aliphatic carbocycles. The molecule has 1 atom stereocenters. The number of benzene rings is 1. The maximum atomic E-state index is 12.0. The fourth-order valence-electron chi connectivity index (χ4n) is 1.56. The number of thioether (sulfide) groups is 1. The lowest BCUT2D eigenvalue weighted by atomic mass is 10.2. The standard InChI is InChI=1S/C14H16N2O5S/c1-4-7-15-13(17)9(2)21-14(18)10-5-6-12(22-3)11(8-10)16(19)20/h4-6,8-9H,1,7H2,2-3H3,(H,15,17)/t9-/m0/s1. The third kappa shape index (κ3) is 4.59. The number of rotatable bonds is 7. The van der Waals surface area contributed by atoms with Crippen LogP contribution in [0.2, 0.25) is 0 Å². The van der Waals surface area contributed by atoms with E-state index in [9.17, 15) is 19.7 Å². The summed E-state index contributed by atoms with van der Waals surface area (Å²) in [6.07, 6.45) is 2.19. The van der Waals surface area contributed by atoms with E-state index in [-0.39, 0.29) is 17.8 Å². The number of ether oxygens (including phenoxy) is 1. The van der Waals surface area contributed by atoms with E-state index in [1.807, 2.05) is 0 Å². The highest BCUT2D eigenvalue weighted by Crippen LogP contribution is 2.28. The number of carbonyl (C=O) groups excluding carboxylic acids is 2. The lowest BCUT2D eigenvalue weighted by molar-refractivity contribution is -0.387. The summed E-state index contributed by atoms with van der Waals surface area (Å²) in [6, 6.07) is 4.04. The highest BCUT2D eigenvalue weighted by Gasteiger charge is 2.21. The summed E-state index contributed by atoms with van der Waals surface area (Å²) in [5.41, 5.74) is -0.154. The smallest absolute Gasteiger partial charge is 0.339 e. The lowest BCUT2D eigenvalue weighted by Crippen LogP contribution is -2.35. The summed E-state index contributed by atoms with van der Waals surface area (Å²) in [6.45, 7) is 5.13. The molecular weight excluding hydrogens is 308 g/mol. The van der Waals surface area contributed by atoms with Crippen LogP contribution in [0.4, 0.5) is 5.69 Å². The van der Waals surface area contributed by atoms with Crippen molar-refractivity contribution in [3.8, 4) is 0 Å². The van der Waals surface area contributed by atoms with Gasteiger partial charge < -0.3 is 10.1 Å². The molecule has 1 aromatic carbocycles. The molecule has 0 saturated carbocycles. The van der Waals surface area contributed by atoms with Crippen molar-refractivity contribution in [2.45, 2.75) is 17.9 Å². The highest BCUT2D eigenvalue weighted by molar-refractivity contribution is 7.98. The summed E-state index contributed by atoms with van der Waals surface area (Å²) in [5, 5.41) is 13.5. The Bertz CT molecular complexity index is 603. The molecule has 118 valence electrons. The van der Waals surface area contributed by atoms with Crippen LogP contribution in [-0.4, -0.2) is 35.7 Å². The molecule has 0 unspecified atom stereocenters. The van der Waals surface area contributed by atoms with Crippen LogP contribution in [0.5, 0.6) is 0 Å². The van der Waals surface area contributed by atoms with Crippen molar-refractivity contribution in [1.29, 1.82) is 0 Å². The van der Waals surface area contributed by atoms with Gasteiger partial charge in [0, 0.05) is 12.6 Å². The summed E-state index contributed by atoms with van der Waals surface area (Å²) >= 11 is 1.20. The van der Waals surface area contributed by atoms with Gasteiger partial charge in [-0.3, -0.25) is 14.9 Å². The number of amides is 1. The molecule has 0 aliphatic heterocycles. The van der Waals surface area contributed by atoms with Gasteiger partial charge in [0.15, 0.2) is 6.10 Å². The molecule has 22 heavy (non-hydrogen) atoms. The van der Waals surface area contributed by atoms with Crippen LogP contribution in [0, 0.1) is 10.1 Å². The quantitative estimate of drug-likeness (QED) is 0.271. The molecule has 0 saturated heterocycles. The van der Waals surface area contributed by atoms with Gasteiger partial charge in [0.1, 0.15) is 0 Å². The van der Waals surface area contributed by atoms with E-state index >= 15 is 0 Å². The largest absolute Gasteiger partial charge is 0.449 e. The molecule has 1 aromatic rings. The molecule has 8 heteroatoms. The Morgan fingerprint density at radius 2 is 2.23 bits per heavy atom. The van der Waals surface area contributed by atoms with E-state index in [1.165, 1.54) is 36.9 Å². The highest BCUT2D eigenvalue weighted by atomic mass is 32.2. The van der Waals surface area contributed by atoms with E-state index in [0.717, 1.165) is 6.07 Å². The third-order valence-corrected chi connectivity index (χ3v) is 3.47. The van der Waals surface area contributed by atoms with Gasteiger partial charge in [-0.2, -0.15) is 0 Å². The molecule has 1 rings (SSSR count). The van der Waals surface area contributed by atoms with Gasteiger partial charge in [0.2, 0.25) is 0 Å². The number of carbonyl (C=O) groups is 2. The number of hydrogen-bond acceptors (Lipinski definition) is 6. The molecule has 1 N–H and O–H groups in total. The molecule has 0 aromatic heterocycles. The van der Waals surface area contributed by atoms with Gasteiger partial charge in [-0.15, -0.1) is 18.3 Å². The van der Waals surface area contributed by atoms with Crippen LogP contribution in [0.1, 0.15) is 17.3 Å². The summed E-state index contributed by atoms with van der Waals surface area (Å²) in [5.74, 6) is -1.26. The van der Waals surface area contributed by atoms with Crippen molar-refractivity contribution >= 4 is 29.3 Å². The van der Waals surface area contributed by atoms with Crippen molar-refractivity contribution in [1.82, 2.24) is 5.32 Å². The maximum Gasteiger partial charge on any atom is 0.339 e. The maximum absolute atomic E-state index is 12.0. The minimum atomic E-state index is -1.01. The first-order valence-electron chi connectivity index (χ1n) is 6.32. The van der Waals surface area contributed by atoms with Crippen molar-refractivity contribution in [2.75, 3.05) is 12.8 Å². The van der Waals surface area contributed by atoms with Crippen LogP contribution >= 0.6 is 11.8 Å². The van der Waals surface area contributed by atoms with Crippen LogP contribution in [0.25, 0.3) is 0 Å². The molecule has 0 spiro atoms. The fraction of sp³-hybridized carbons (Fsp3) is 0.286. The first kappa shape index (κ1) is 17.7. The zero-order chi connectivity index (χ0) is 16.7. The van der Waals surface area contributed by atoms with E-state index in [1.54, 1.807) is 6.26 Å². The second-order valence-electron chi connectivity index (χ2n) is 4.23. The van der Waals surface area contributed by atoms with Crippen LogP contribution < -0.4 is 5.32 Å². The van der Waals surface area contributed by atoms with Gasteiger partial charge >= 0.3 is 5.97 Å². The van der Waals surface area contributed by atoms with E-state index in [4.69, 9.17) is 4.74 Å². The minimum Gasteiger partial charge on any atom is -0.449 e. The number of nitro groups is 1. The number of esters is 1. The van der Waals surface area contributed by atoms with E-state index in [0.29, 0.717) is 4.90 Å². The summed E-state index contributed by atoms with van der Waals surface area (Å²) in [7, 11) is 0. The second kappa shape index (κ2) is 8.18. The minimum absolute atomic E-state index is 0.0212. The molecule has 1 amide bonds. The zero-order valence-electron chi connectivity index (χ0n) is 12.2. The molecular formula is C14H16N2O5S. The van der Waals surface area contributed by atoms with E-state index in [2.05, 4.69) is 11.9 Å². The van der Waals surface area contributed by atoms with Gasteiger partial charge in [-0.25, -0.2) is 4.79 Å². The molecule has 0 radical (unpaired) electrons. The zero-order valence-corrected chi connectivity index (χ0v) is 13.0. The first-order chi connectivity index (χ1) is 10.4. The fourth-order valence-corrected chi connectivity index (χ4v) is 2.10. The first-order valence-corrected chi connectivity index (χ1v) is 7.55. The molecule has 0 aliphatic rings. The predicted molar refractivity (Wildman–Crippen MR) is 83.0 cm³/mol. The average molecular weight is 324 g/mol.